The molecule has 4 nitrogen and oxygen atoms in total. The smallest absolute Gasteiger partial charge is 0.341 e. The third-order valence-electron chi connectivity index (χ3n) is 7.89. The van der Waals surface area contributed by atoms with E-state index in [0.717, 1.165) is 47.6 Å². The maximum atomic E-state index is 12.4. The van der Waals surface area contributed by atoms with Gasteiger partial charge in [-0.05, 0) is 106 Å². The topological polar surface area (TPSA) is 50.4 Å². The van der Waals surface area contributed by atoms with E-state index in [1.807, 2.05) is 0 Å². The zero-order valence-corrected chi connectivity index (χ0v) is 18.4. The number of nitrogens with one attached hydrogen (secondary N) is 2. The number of thiocarbonyl (C=S) groups is 1. The van der Waals surface area contributed by atoms with E-state index in [0.29, 0.717) is 22.1 Å². The number of carbonyl (C=O) groups is 1. The summed E-state index contributed by atoms with van der Waals surface area (Å²) in [5, 5.41) is 8.47. The molecule has 6 rings (SSSR count). The monoisotopic (exact) mass is 418 g/mol. The Bertz CT molecular complexity index is 780. The van der Waals surface area contributed by atoms with Crippen LogP contribution in [0.1, 0.15) is 72.7 Å². The molecule has 28 heavy (non-hydrogen) atoms. The van der Waals surface area contributed by atoms with Gasteiger partial charge in [-0.1, -0.05) is 0 Å². The molecule has 152 valence electrons. The number of fused-ring (bicyclic) bond motifs is 1. The van der Waals surface area contributed by atoms with Crippen molar-refractivity contribution in [1.29, 1.82) is 0 Å². The molecule has 4 bridgehead atoms. The predicted molar refractivity (Wildman–Crippen MR) is 117 cm³/mol. The van der Waals surface area contributed by atoms with Crippen LogP contribution in [0.3, 0.4) is 0 Å². The van der Waals surface area contributed by atoms with Gasteiger partial charge in [-0.2, -0.15) is 0 Å². The van der Waals surface area contributed by atoms with Crippen molar-refractivity contribution in [2.75, 3.05) is 12.4 Å². The third kappa shape index (κ3) is 3.07. The lowest BCUT2D eigenvalue weighted by atomic mass is 9.48. The van der Waals surface area contributed by atoms with Crippen molar-refractivity contribution in [2.24, 2.45) is 23.2 Å². The molecule has 1 heterocycles. The fraction of sp³-hybridized carbons (Fsp3) is 0.727. The Morgan fingerprint density at radius 3 is 2.43 bits per heavy atom. The number of methoxy groups -OCH3 is 1. The molecule has 4 fully saturated rings. The third-order valence-corrected chi connectivity index (χ3v) is 9.32. The van der Waals surface area contributed by atoms with Crippen LogP contribution < -0.4 is 10.6 Å². The quantitative estimate of drug-likeness (QED) is 0.537. The van der Waals surface area contributed by atoms with Crippen molar-refractivity contribution in [2.45, 2.75) is 70.8 Å². The summed E-state index contributed by atoms with van der Waals surface area (Å²) in [5.41, 5.74) is 2.27. The average molecular weight is 419 g/mol. The lowest BCUT2D eigenvalue weighted by Crippen LogP contribution is -2.56. The Morgan fingerprint density at radius 2 is 1.82 bits per heavy atom. The minimum Gasteiger partial charge on any atom is -0.465 e. The predicted octanol–water partition coefficient (Wildman–Crippen LogP) is 4.91. The summed E-state index contributed by atoms with van der Waals surface area (Å²) in [7, 11) is 1.46. The van der Waals surface area contributed by atoms with Crippen molar-refractivity contribution in [3.8, 4) is 0 Å². The lowest BCUT2D eigenvalue weighted by molar-refractivity contribution is -0.0671. The second-order valence-electron chi connectivity index (χ2n) is 9.65. The molecule has 5 aliphatic rings. The summed E-state index contributed by atoms with van der Waals surface area (Å²) >= 11 is 7.36. The summed E-state index contributed by atoms with van der Waals surface area (Å²) < 4.78 is 5.05. The van der Waals surface area contributed by atoms with E-state index >= 15 is 0 Å². The molecule has 1 atom stereocenters. The van der Waals surface area contributed by atoms with Gasteiger partial charge in [0.25, 0.3) is 0 Å². The second-order valence-corrected chi connectivity index (χ2v) is 11.2. The summed E-state index contributed by atoms with van der Waals surface area (Å²) in [4.78, 5) is 13.7. The van der Waals surface area contributed by atoms with Gasteiger partial charge < -0.3 is 15.4 Å². The molecular formula is C22H30N2O2S2. The van der Waals surface area contributed by atoms with Crippen molar-refractivity contribution in [3.05, 3.63) is 16.0 Å². The van der Waals surface area contributed by atoms with Crippen molar-refractivity contribution < 1.29 is 9.53 Å². The molecule has 4 saturated carbocycles. The van der Waals surface area contributed by atoms with Gasteiger partial charge in [0.1, 0.15) is 5.00 Å². The Kier molecular flexibility index (Phi) is 4.70. The lowest BCUT2D eigenvalue weighted by Gasteiger charge is -2.59. The zero-order valence-electron chi connectivity index (χ0n) is 16.8. The molecule has 5 aliphatic carbocycles. The maximum absolute atomic E-state index is 12.4. The number of thiophene rings is 1. The van der Waals surface area contributed by atoms with Gasteiger partial charge in [0.15, 0.2) is 5.11 Å². The fourth-order valence-electron chi connectivity index (χ4n) is 7.01. The van der Waals surface area contributed by atoms with E-state index in [4.69, 9.17) is 17.0 Å². The van der Waals surface area contributed by atoms with Gasteiger partial charge in [-0.3, -0.25) is 0 Å². The number of rotatable bonds is 4. The van der Waals surface area contributed by atoms with Crippen LogP contribution in [0.15, 0.2) is 0 Å². The van der Waals surface area contributed by atoms with Crippen LogP contribution in [0, 0.1) is 23.2 Å². The molecule has 0 aromatic carbocycles. The van der Waals surface area contributed by atoms with Crippen LogP contribution in [0.25, 0.3) is 0 Å². The first-order chi connectivity index (χ1) is 13.5. The van der Waals surface area contributed by atoms with Crippen LogP contribution >= 0.6 is 23.6 Å². The highest BCUT2D eigenvalue weighted by Crippen LogP contribution is 2.61. The van der Waals surface area contributed by atoms with E-state index in [1.54, 1.807) is 11.3 Å². The number of anilines is 1. The normalized spacial score (nSPS) is 33.4. The van der Waals surface area contributed by atoms with E-state index in [9.17, 15) is 4.79 Å². The van der Waals surface area contributed by atoms with Crippen molar-refractivity contribution in [3.63, 3.8) is 0 Å². The minimum atomic E-state index is -0.251. The van der Waals surface area contributed by atoms with Gasteiger partial charge in [-0.15, -0.1) is 11.3 Å². The number of hydrogen-bond donors (Lipinski definition) is 2. The van der Waals surface area contributed by atoms with Gasteiger partial charge in [0.2, 0.25) is 0 Å². The number of hydrogen-bond acceptors (Lipinski definition) is 4. The Balaban J connectivity index is 1.30. The molecule has 2 N–H and O–H groups in total. The molecular weight excluding hydrogens is 388 g/mol. The minimum absolute atomic E-state index is 0.251. The first-order valence-electron chi connectivity index (χ1n) is 10.8. The highest BCUT2D eigenvalue weighted by molar-refractivity contribution is 7.80. The Labute approximate surface area is 176 Å². The van der Waals surface area contributed by atoms with Crippen LogP contribution in [0.5, 0.6) is 0 Å². The summed E-state index contributed by atoms with van der Waals surface area (Å²) in [6, 6.07) is 0.370. The highest BCUT2D eigenvalue weighted by Gasteiger charge is 2.53. The summed E-state index contributed by atoms with van der Waals surface area (Å²) in [6.07, 6.45) is 11.6. The van der Waals surface area contributed by atoms with Crippen molar-refractivity contribution in [1.82, 2.24) is 5.32 Å². The number of esters is 1. The molecule has 1 unspecified atom stereocenters. The molecule has 0 saturated heterocycles. The first-order valence-corrected chi connectivity index (χ1v) is 12.0. The maximum Gasteiger partial charge on any atom is 0.341 e. The Hall–Kier alpha value is -1.14. The zero-order chi connectivity index (χ0) is 19.5. The van der Waals surface area contributed by atoms with Crippen LogP contribution in [-0.2, 0) is 17.6 Å². The molecule has 6 heteroatoms. The van der Waals surface area contributed by atoms with Crippen LogP contribution in [0.2, 0.25) is 0 Å². The molecule has 1 aromatic heterocycles. The number of ether oxygens (including phenoxy) is 1. The average Bonchev–Trinajstić information content (AvgIpc) is 3.20. The fourth-order valence-corrected chi connectivity index (χ4v) is 8.63. The van der Waals surface area contributed by atoms with Crippen molar-refractivity contribution >= 4 is 39.6 Å². The van der Waals surface area contributed by atoms with E-state index in [1.165, 1.54) is 50.5 Å². The number of carbonyl (C=O) groups excluding carboxylic acids is 1. The molecule has 1 aromatic rings. The molecule has 0 amide bonds. The van der Waals surface area contributed by atoms with Gasteiger partial charge in [0, 0.05) is 10.9 Å². The molecule has 0 aliphatic heterocycles. The van der Waals surface area contributed by atoms with Gasteiger partial charge >= 0.3 is 5.97 Å². The van der Waals surface area contributed by atoms with Crippen LogP contribution in [-0.4, -0.2) is 24.2 Å². The summed E-state index contributed by atoms with van der Waals surface area (Å²) in [6.45, 7) is 2.32. The van der Waals surface area contributed by atoms with E-state index < -0.39 is 0 Å². The van der Waals surface area contributed by atoms with E-state index in [-0.39, 0.29) is 5.97 Å². The van der Waals surface area contributed by atoms with Crippen LogP contribution in [0.4, 0.5) is 5.00 Å². The SMILES string of the molecule is COC(=O)c1c(NC(=S)NC(C)C23CC4CC(CC(C4)C2)C3)sc2c1CCC2. The van der Waals surface area contributed by atoms with E-state index in [2.05, 4.69) is 17.6 Å². The van der Waals surface area contributed by atoms with Gasteiger partial charge in [-0.25, -0.2) is 4.79 Å². The molecule has 0 radical (unpaired) electrons. The second kappa shape index (κ2) is 6.98. The van der Waals surface area contributed by atoms with Gasteiger partial charge in [0.05, 0.1) is 12.7 Å². The molecule has 0 spiro atoms. The highest BCUT2D eigenvalue weighted by atomic mass is 32.1. The number of aryl methyl sites for hydroxylation is 1. The largest absolute Gasteiger partial charge is 0.465 e. The first kappa shape index (κ1) is 18.9. The Morgan fingerprint density at radius 1 is 1.18 bits per heavy atom. The standard InChI is InChI=1S/C22H30N2O2S2/c1-12(22-9-13-6-14(10-22)8-15(7-13)11-22)23-21(27)24-19-18(20(25)26-2)16-4-3-5-17(16)28-19/h12-15H,3-11H2,1-2H3,(H2,23,24,27). The summed E-state index contributed by atoms with van der Waals surface area (Å²) in [5.74, 6) is 2.55.